The van der Waals surface area contributed by atoms with Gasteiger partial charge in [-0.2, -0.15) is 21.6 Å². The Morgan fingerprint density at radius 1 is 1.09 bits per heavy atom. The molecule has 0 saturated heterocycles. The quantitative estimate of drug-likeness (QED) is 0.746. The summed E-state index contributed by atoms with van der Waals surface area (Å²) in [5.41, 5.74) is -0.115. The molecule has 0 heterocycles. The predicted molar refractivity (Wildman–Crippen MR) is 79.6 cm³/mol. The van der Waals surface area contributed by atoms with E-state index in [2.05, 4.69) is 0 Å². The Morgan fingerprint density at radius 3 is 2.26 bits per heavy atom. The van der Waals surface area contributed by atoms with E-state index in [-0.39, 0.29) is 15.5 Å². The largest absolute Gasteiger partial charge is 0.416 e. The highest BCUT2D eigenvalue weighted by Gasteiger charge is 2.31. The molecule has 8 heteroatoms. The zero-order valence-corrected chi connectivity index (χ0v) is 13.5. The van der Waals surface area contributed by atoms with Gasteiger partial charge in [0.05, 0.1) is 17.1 Å². The SMILES string of the molecule is Cc1ccc(S(=O)(=O)OCc2cc(C(F)(F)F)ccc2Cl)cc1. The molecule has 23 heavy (non-hydrogen) atoms. The number of hydrogen-bond acceptors (Lipinski definition) is 3. The maximum atomic E-state index is 12.7. The van der Waals surface area contributed by atoms with Crippen LogP contribution in [-0.4, -0.2) is 8.42 Å². The summed E-state index contributed by atoms with van der Waals surface area (Å²) < 4.78 is 66.9. The van der Waals surface area contributed by atoms with Gasteiger partial charge >= 0.3 is 6.18 Å². The van der Waals surface area contributed by atoms with Gasteiger partial charge in [0.2, 0.25) is 0 Å². The van der Waals surface area contributed by atoms with Crippen LogP contribution in [0.25, 0.3) is 0 Å². The van der Waals surface area contributed by atoms with E-state index >= 15 is 0 Å². The molecule has 0 bridgehead atoms. The summed E-state index contributed by atoms with van der Waals surface area (Å²) >= 11 is 5.80. The molecule has 0 aliphatic heterocycles. The van der Waals surface area contributed by atoms with Crippen molar-refractivity contribution in [2.24, 2.45) is 0 Å². The number of rotatable bonds is 4. The molecule has 0 spiro atoms. The standard InChI is InChI=1S/C15H12ClF3O3S/c1-10-2-5-13(6-3-10)23(20,21)22-9-11-8-12(15(17,18)19)4-7-14(11)16/h2-8H,9H2,1H3. The van der Waals surface area contributed by atoms with Crippen molar-refractivity contribution in [2.45, 2.75) is 24.6 Å². The Labute approximate surface area is 136 Å². The van der Waals surface area contributed by atoms with E-state index in [0.29, 0.717) is 0 Å². The van der Waals surface area contributed by atoms with Crippen molar-refractivity contribution in [1.29, 1.82) is 0 Å². The molecule has 124 valence electrons. The van der Waals surface area contributed by atoms with Gasteiger partial charge < -0.3 is 0 Å². The molecule has 3 nitrogen and oxygen atoms in total. The summed E-state index contributed by atoms with van der Waals surface area (Å²) in [6, 6.07) is 8.55. The van der Waals surface area contributed by atoms with Crippen molar-refractivity contribution in [3.8, 4) is 0 Å². The first-order chi connectivity index (χ1) is 10.6. The molecule has 0 aliphatic carbocycles. The molecule has 0 unspecified atom stereocenters. The Balaban J connectivity index is 2.21. The maximum Gasteiger partial charge on any atom is 0.416 e. The Hall–Kier alpha value is -1.57. The van der Waals surface area contributed by atoms with Crippen molar-refractivity contribution in [2.75, 3.05) is 0 Å². The number of alkyl halides is 3. The molecule has 0 radical (unpaired) electrons. The van der Waals surface area contributed by atoms with Crippen LogP contribution in [0.3, 0.4) is 0 Å². The van der Waals surface area contributed by atoms with Crippen LogP contribution in [0.4, 0.5) is 13.2 Å². The Bertz CT molecular complexity index is 800. The summed E-state index contributed by atoms with van der Waals surface area (Å²) in [5.74, 6) is 0. The first-order valence-electron chi connectivity index (χ1n) is 6.41. The first kappa shape index (κ1) is 17.8. The third-order valence-corrected chi connectivity index (χ3v) is 4.70. The van der Waals surface area contributed by atoms with Crippen molar-refractivity contribution >= 4 is 21.7 Å². The van der Waals surface area contributed by atoms with Gasteiger partial charge in [-0.3, -0.25) is 4.18 Å². The summed E-state index contributed by atoms with van der Waals surface area (Å²) in [7, 11) is -4.08. The second-order valence-corrected chi connectivity index (χ2v) is 6.86. The van der Waals surface area contributed by atoms with Crippen LogP contribution in [-0.2, 0) is 27.1 Å². The van der Waals surface area contributed by atoms with E-state index in [1.54, 1.807) is 19.1 Å². The zero-order valence-electron chi connectivity index (χ0n) is 11.9. The van der Waals surface area contributed by atoms with Crippen LogP contribution < -0.4 is 0 Å². The highest BCUT2D eigenvalue weighted by molar-refractivity contribution is 7.86. The minimum absolute atomic E-state index is 0.00268. The highest BCUT2D eigenvalue weighted by atomic mass is 35.5. The number of halogens is 4. The molecule has 0 N–H and O–H groups in total. The van der Waals surface area contributed by atoms with Crippen molar-refractivity contribution in [1.82, 2.24) is 0 Å². The molecule has 2 aromatic carbocycles. The van der Waals surface area contributed by atoms with Crippen LogP contribution >= 0.6 is 11.6 Å². The minimum Gasteiger partial charge on any atom is -0.261 e. The summed E-state index contributed by atoms with van der Waals surface area (Å²) in [5, 5.41) is -0.00268. The average Bonchev–Trinajstić information content (AvgIpc) is 2.45. The third-order valence-electron chi connectivity index (χ3n) is 3.05. The number of benzene rings is 2. The highest BCUT2D eigenvalue weighted by Crippen LogP contribution is 2.32. The number of aryl methyl sites for hydroxylation is 1. The maximum absolute atomic E-state index is 12.7. The first-order valence-corrected chi connectivity index (χ1v) is 8.20. The Kier molecular flexibility index (Phi) is 5.03. The fourth-order valence-electron chi connectivity index (χ4n) is 1.78. The van der Waals surface area contributed by atoms with E-state index in [0.717, 1.165) is 23.8 Å². The van der Waals surface area contributed by atoms with Crippen molar-refractivity contribution < 1.29 is 25.8 Å². The normalized spacial score (nSPS) is 12.4. The van der Waals surface area contributed by atoms with Crippen molar-refractivity contribution in [3.05, 3.63) is 64.2 Å². The zero-order chi connectivity index (χ0) is 17.3. The lowest BCUT2D eigenvalue weighted by molar-refractivity contribution is -0.137. The fourth-order valence-corrected chi connectivity index (χ4v) is 2.84. The van der Waals surface area contributed by atoms with Gasteiger partial charge in [-0.1, -0.05) is 29.3 Å². The smallest absolute Gasteiger partial charge is 0.261 e. The van der Waals surface area contributed by atoms with Crippen LogP contribution in [0.2, 0.25) is 5.02 Å². The molecular weight excluding hydrogens is 353 g/mol. The van der Waals surface area contributed by atoms with E-state index in [1.165, 1.54) is 12.1 Å². The summed E-state index contributed by atoms with van der Waals surface area (Å²) in [4.78, 5) is -0.0776. The molecule has 0 aliphatic rings. The fraction of sp³-hybridized carbons (Fsp3) is 0.200. The lowest BCUT2D eigenvalue weighted by Gasteiger charge is -2.11. The van der Waals surface area contributed by atoms with Gasteiger partial charge in [0.15, 0.2) is 0 Å². The molecule has 2 aromatic rings. The molecule has 0 atom stereocenters. The van der Waals surface area contributed by atoms with Gasteiger partial charge in [0, 0.05) is 5.02 Å². The van der Waals surface area contributed by atoms with E-state index in [9.17, 15) is 21.6 Å². The second kappa shape index (κ2) is 6.51. The topological polar surface area (TPSA) is 43.4 Å². The molecule has 0 aromatic heterocycles. The molecule has 0 fully saturated rings. The predicted octanol–water partition coefficient (Wildman–Crippen LogP) is 4.57. The van der Waals surface area contributed by atoms with Crippen LogP contribution in [0.1, 0.15) is 16.7 Å². The van der Waals surface area contributed by atoms with Gasteiger partial charge in [-0.15, -0.1) is 0 Å². The summed E-state index contributed by atoms with van der Waals surface area (Å²) in [6.45, 7) is 1.21. The summed E-state index contributed by atoms with van der Waals surface area (Å²) in [6.07, 6.45) is -4.55. The lowest BCUT2D eigenvalue weighted by Crippen LogP contribution is -2.09. The van der Waals surface area contributed by atoms with Crippen LogP contribution in [0.5, 0.6) is 0 Å². The monoisotopic (exact) mass is 364 g/mol. The van der Waals surface area contributed by atoms with Crippen LogP contribution in [0.15, 0.2) is 47.4 Å². The third kappa shape index (κ3) is 4.46. The lowest BCUT2D eigenvalue weighted by atomic mass is 10.1. The van der Waals surface area contributed by atoms with Gasteiger partial charge in [0.25, 0.3) is 10.1 Å². The van der Waals surface area contributed by atoms with Crippen molar-refractivity contribution in [3.63, 3.8) is 0 Å². The van der Waals surface area contributed by atoms with E-state index in [1.807, 2.05) is 0 Å². The molecule has 0 amide bonds. The molecule has 2 rings (SSSR count). The minimum atomic E-state index is -4.55. The van der Waals surface area contributed by atoms with E-state index in [4.69, 9.17) is 15.8 Å². The number of hydrogen-bond donors (Lipinski definition) is 0. The molecule has 0 saturated carbocycles. The Morgan fingerprint density at radius 2 is 1.70 bits per heavy atom. The molecular formula is C15H12ClF3O3S. The average molecular weight is 365 g/mol. The van der Waals surface area contributed by atoms with Gasteiger partial charge in [-0.05, 0) is 42.8 Å². The van der Waals surface area contributed by atoms with Gasteiger partial charge in [-0.25, -0.2) is 0 Å². The second-order valence-electron chi connectivity index (χ2n) is 4.83. The van der Waals surface area contributed by atoms with Crippen LogP contribution in [0, 0.1) is 6.92 Å². The van der Waals surface area contributed by atoms with E-state index < -0.39 is 28.5 Å². The van der Waals surface area contributed by atoms with Gasteiger partial charge in [0.1, 0.15) is 0 Å².